The molecule has 12 heteroatoms. The standard InChI is InChI=1S/C20H15ClN8O3/c1-20(13-3-2-4-15(9-13)29-11-22-26-27-29)18(30)28(19(31)24-20)10-16-23-17(25-32-16)12-5-7-14(21)8-6-12/h2-9,11H,10H2,1H3,(H,24,31). The Labute approximate surface area is 186 Å². The predicted octanol–water partition coefficient (Wildman–Crippen LogP) is 2.33. The largest absolute Gasteiger partial charge is 0.337 e. The summed E-state index contributed by atoms with van der Waals surface area (Å²) in [6.07, 6.45) is 1.44. The quantitative estimate of drug-likeness (QED) is 0.458. The number of tetrazole rings is 1. The second-order valence-corrected chi connectivity index (χ2v) is 7.71. The number of urea groups is 1. The number of halogens is 1. The molecule has 1 aliphatic heterocycles. The molecule has 1 N–H and O–H groups in total. The zero-order valence-electron chi connectivity index (χ0n) is 16.6. The summed E-state index contributed by atoms with van der Waals surface area (Å²) in [5, 5.41) is 18.3. The number of benzene rings is 2. The molecule has 3 amide bonds. The first-order chi connectivity index (χ1) is 15.4. The van der Waals surface area contributed by atoms with Gasteiger partial charge in [-0.15, -0.1) is 5.10 Å². The van der Waals surface area contributed by atoms with E-state index in [4.69, 9.17) is 16.1 Å². The van der Waals surface area contributed by atoms with Gasteiger partial charge in [-0.3, -0.25) is 9.69 Å². The lowest BCUT2D eigenvalue weighted by Gasteiger charge is -2.22. The van der Waals surface area contributed by atoms with Gasteiger partial charge >= 0.3 is 6.03 Å². The Bertz CT molecular complexity index is 1300. The molecule has 2 aromatic carbocycles. The highest BCUT2D eigenvalue weighted by molar-refractivity contribution is 6.30. The van der Waals surface area contributed by atoms with Crippen LogP contribution in [0.4, 0.5) is 4.79 Å². The van der Waals surface area contributed by atoms with Gasteiger partial charge in [0, 0.05) is 10.6 Å². The Hall–Kier alpha value is -4.12. The summed E-state index contributed by atoms with van der Waals surface area (Å²) in [5.74, 6) is 0.0216. The molecule has 11 nitrogen and oxygen atoms in total. The van der Waals surface area contributed by atoms with Crippen LogP contribution in [0.1, 0.15) is 18.4 Å². The molecule has 160 valence electrons. The third kappa shape index (κ3) is 3.38. The number of carbonyl (C=O) groups is 2. The molecule has 1 unspecified atom stereocenters. The third-order valence-corrected chi connectivity index (χ3v) is 5.43. The molecule has 0 radical (unpaired) electrons. The first-order valence-electron chi connectivity index (χ1n) is 9.50. The van der Waals surface area contributed by atoms with Crippen LogP contribution in [0.3, 0.4) is 0 Å². The smallest absolute Gasteiger partial charge is 0.325 e. The van der Waals surface area contributed by atoms with E-state index in [9.17, 15) is 9.59 Å². The summed E-state index contributed by atoms with van der Waals surface area (Å²) in [6.45, 7) is 1.48. The molecule has 0 saturated carbocycles. The van der Waals surface area contributed by atoms with Gasteiger partial charge in [-0.25, -0.2) is 9.48 Å². The molecule has 0 aliphatic carbocycles. The van der Waals surface area contributed by atoms with E-state index in [-0.39, 0.29) is 12.4 Å². The molecular weight excluding hydrogens is 436 g/mol. The fourth-order valence-electron chi connectivity index (χ4n) is 3.45. The van der Waals surface area contributed by atoms with Crippen molar-refractivity contribution in [3.63, 3.8) is 0 Å². The minimum atomic E-state index is -1.28. The van der Waals surface area contributed by atoms with Crippen LogP contribution in [0, 0.1) is 0 Å². The molecule has 4 aromatic rings. The van der Waals surface area contributed by atoms with Crippen molar-refractivity contribution >= 4 is 23.5 Å². The molecular formula is C20H15ClN8O3. The molecule has 1 fully saturated rings. The van der Waals surface area contributed by atoms with Gasteiger partial charge in [-0.2, -0.15) is 4.98 Å². The van der Waals surface area contributed by atoms with Crippen LogP contribution in [0.5, 0.6) is 0 Å². The Kier molecular flexibility index (Phi) is 4.67. The number of hydrogen-bond donors (Lipinski definition) is 1. The summed E-state index contributed by atoms with van der Waals surface area (Å²) in [6, 6.07) is 13.4. The molecule has 1 saturated heterocycles. The Morgan fingerprint density at radius 3 is 2.72 bits per heavy atom. The zero-order chi connectivity index (χ0) is 22.3. The lowest BCUT2D eigenvalue weighted by atomic mass is 9.91. The van der Waals surface area contributed by atoms with E-state index in [0.29, 0.717) is 27.7 Å². The predicted molar refractivity (Wildman–Crippen MR) is 110 cm³/mol. The van der Waals surface area contributed by atoms with Crippen molar-refractivity contribution in [2.75, 3.05) is 0 Å². The van der Waals surface area contributed by atoms with Gasteiger partial charge in [0.15, 0.2) is 0 Å². The van der Waals surface area contributed by atoms with E-state index >= 15 is 0 Å². The number of nitrogens with zero attached hydrogens (tertiary/aromatic N) is 7. The minimum absolute atomic E-state index is 0.130. The maximum atomic E-state index is 13.2. The molecule has 32 heavy (non-hydrogen) atoms. The van der Waals surface area contributed by atoms with Crippen molar-refractivity contribution in [2.24, 2.45) is 0 Å². The van der Waals surface area contributed by atoms with Crippen LogP contribution >= 0.6 is 11.6 Å². The van der Waals surface area contributed by atoms with Crippen LogP contribution in [-0.2, 0) is 16.9 Å². The fourth-order valence-corrected chi connectivity index (χ4v) is 3.57. The summed E-state index contributed by atoms with van der Waals surface area (Å²) in [5.41, 5.74) is 0.656. The molecule has 0 spiro atoms. The Morgan fingerprint density at radius 1 is 1.16 bits per heavy atom. The monoisotopic (exact) mass is 450 g/mol. The SMILES string of the molecule is CC1(c2cccc(-n3cnnn3)c2)NC(=O)N(Cc2nc(-c3ccc(Cl)cc3)no2)C1=O. The minimum Gasteiger partial charge on any atom is -0.337 e. The second kappa shape index (κ2) is 7.54. The molecule has 3 heterocycles. The van der Waals surface area contributed by atoms with Gasteiger partial charge in [0.2, 0.25) is 11.7 Å². The summed E-state index contributed by atoms with van der Waals surface area (Å²) in [4.78, 5) is 31.2. The molecule has 1 aliphatic rings. The molecule has 0 bridgehead atoms. The lowest BCUT2D eigenvalue weighted by Crippen LogP contribution is -2.40. The Balaban J connectivity index is 1.39. The number of nitrogens with one attached hydrogen (secondary N) is 1. The van der Waals surface area contributed by atoms with Crippen LogP contribution in [-0.4, -0.2) is 47.2 Å². The lowest BCUT2D eigenvalue weighted by molar-refractivity contribution is -0.131. The van der Waals surface area contributed by atoms with E-state index < -0.39 is 17.5 Å². The second-order valence-electron chi connectivity index (χ2n) is 7.27. The zero-order valence-corrected chi connectivity index (χ0v) is 17.4. The Morgan fingerprint density at radius 2 is 1.97 bits per heavy atom. The highest BCUT2D eigenvalue weighted by atomic mass is 35.5. The van der Waals surface area contributed by atoms with E-state index in [1.807, 2.05) is 0 Å². The first kappa shape index (κ1) is 19.8. The highest BCUT2D eigenvalue weighted by Gasteiger charge is 2.49. The van der Waals surface area contributed by atoms with Gasteiger partial charge in [0.05, 0.1) is 5.69 Å². The van der Waals surface area contributed by atoms with Crippen molar-refractivity contribution in [2.45, 2.75) is 19.0 Å². The van der Waals surface area contributed by atoms with Crippen LogP contribution < -0.4 is 5.32 Å². The molecule has 1 atom stereocenters. The average Bonchev–Trinajstić information content (AvgIpc) is 3.53. The van der Waals surface area contributed by atoms with E-state index in [1.54, 1.807) is 55.5 Å². The van der Waals surface area contributed by atoms with Gasteiger partial charge in [-0.05, 0) is 59.3 Å². The topological polar surface area (TPSA) is 132 Å². The van der Waals surface area contributed by atoms with Crippen LogP contribution in [0.2, 0.25) is 5.02 Å². The summed E-state index contributed by atoms with van der Waals surface area (Å²) < 4.78 is 6.72. The van der Waals surface area contributed by atoms with Gasteiger partial charge < -0.3 is 9.84 Å². The summed E-state index contributed by atoms with van der Waals surface area (Å²) in [7, 11) is 0. The fraction of sp³-hybridized carbons (Fsp3) is 0.150. The molecule has 5 rings (SSSR count). The highest BCUT2D eigenvalue weighted by Crippen LogP contribution is 2.31. The molecule has 2 aromatic heterocycles. The van der Waals surface area contributed by atoms with E-state index in [2.05, 4.69) is 31.0 Å². The average molecular weight is 451 g/mol. The van der Waals surface area contributed by atoms with E-state index in [1.165, 1.54) is 11.0 Å². The van der Waals surface area contributed by atoms with Crippen molar-refractivity contribution < 1.29 is 14.1 Å². The van der Waals surface area contributed by atoms with Gasteiger partial charge in [0.25, 0.3) is 5.91 Å². The van der Waals surface area contributed by atoms with E-state index in [0.717, 1.165) is 4.90 Å². The van der Waals surface area contributed by atoms with Crippen molar-refractivity contribution in [1.29, 1.82) is 0 Å². The van der Waals surface area contributed by atoms with Gasteiger partial charge in [-0.1, -0.05) is 28.9 Å². The van der Waals surface area contributed by atoms with Crippen molar-refractivity contribution in [3.05, 3.63) is 71.3 Å². The maximum Gasteiger partial charge on any atom is 0.325 e. The van der Waals surface area contributed by atoms with Crippen LogP contribution in [0.15, 0.2) is 59.4 Å². The number of amides is 3. The van der Waals surface area contributed by atoms with Crippen LogP contribution in [0.25, 0.3) is 17.1 Å². The third-order valence-electron chi connectivity index (χ3n) is 5.18. The number of carbonyl (C=O) groups excluding carboxylic acids is 2. The van der Waals surface area contributed by atoms with Crippen molar-refractivity contribution in [1.82, 2.24) is 40.6 Å². The normalized spacial score (nSPS) is 18.2. The first-order valence-corrected chi connectivity index (χ1v) is 9.88. The number of hydrogen-bond acceptors (Lipinski definition) is 8. The maximum absolute atomic E-state index is 13.2. The van der Waals surface area contributed by atoms with Crippen molar-refractivity contribution in [3.8, 4) is 17.1 Å². The van der Waals surface area contributed by atoms with Gasteiger partial charge in [0.1, 0.15) is 18.4 Å². The number of rotatable bonds is 5. The number of imide groups is 1. The summed E-state index contributed by atoms with van der Waals surface area (Å²) >= 11 is 5.90. The number of aromatic nitrogens is 6.